The van der Waals surface area contributed by atoms with Crippen molar-refractivity contribution in [3.8, 4) is 11.5 Å². The Morgan fingerprint density at radius 1 is 0.800 bits per heavy atom. The molecule has 0 aliphatic rings. The van der Waals surface area contributed by atoms with Crippen molar-refractivity contribution in [3.63, 3.8) is 0 Å². The number of esters is 2. The third-order valence-electron chi connectivity index (χ3n) is 4.10. The third kappa shape index (κ3) is 7.43. The normalized spacial score (nSPS) is 12.3. The Labute approximate surface area is 178 Å². The summed E-state index contributed by atoms with van der Waals surface area (Å²) in [6.07, 6.45) is 0.182. The largest absolute Gasteiger partial charge is 0.422 e. The lowest BCUT2D eigenvalue weighted by molar-refractivity contribution is -0.145. The lowest BCUT2D eigenvalue weighted by Crippen LogP contribution is -2.36. The molecule has 1 N–H and O–H groups in total. The SMILES string of the molecule is CC(C)(C)C(=O)NCCc1cc(OC(=O)C(C)(C)C)c(OC(=O)C(C)(C)C)cc1F. The highest BCUT2D eigenvalue weighted by atomic mass is 19.1. The molecular weight excluding hydrogens is 389 g/mol. The van der Waals surface area contributed by atoms with Gasteiger partial charge < -0.3 is 14.8 Å². The van der Waals surface area contributed by atoms with Crippen LogP contribution in [0.15, 0.2) is 12.1 Å². The highest BCUT2D eigenvalue weighted by Gasteiger charge is 2.29. The van der Waals surface area contributed by atoms with Crippen LogP contribution in [0.4, 0.5) is 4.39 Å². The zero-order chi connectivity index (χ0) is 23.5. The zero-order valence-corrected chi connectivity index (χ0v) is 19.5. The Morgan fingerprint density at radius 3 is 1.63 bits per heavy atom. The van der Waals surface area contributed by atoms with Gasteiger partial charge in [-0.2, -0.15) is 0 Å². The van der Waals surface area contributed by atoms with Crippen LogP contribution in [0.5, 0.6) is 11.5 Å². The number of nitrogens with one attached hydrogen (secondary N) is 1. The van der Waals surface area contributed by atoms with E-state index < -0.39 is 34.0 Å². The molecule has 1 aromatic rings. The van der Waals surface area contributed by atoms with E-state index in [0.717, 1.165) is 6.07 Å². The molecule has 0 aliphatic heterocycles. The summed E-state index contributed by atoms with van der Waals surface area (Å²) in [7, 11) is 0. The summed E-state index contributed by atoms with van der Waals surface area (Å²) in [5.74, 6) is -2.10. The Hall–Kier alpha value is -2.44. The number of rotatable bonds is 5. The number of ether oxygens (including phenoxy) is 2. The Kier molecular flexibility index (Phi) is 7.80. The fraction of sp³-hybridized carbons (Fsp3) is 0.609. The van der Waals surface area contributed by atoms with Crippen molar-refractivity contribution in [2.45, 2.75) is 68.7 Å². The molecular formula is C23H34FNO5. The van der Waals surface area contributed by atoms with E-state index in [1.54, 1.807) is 62.3 Å². The van der Waals surface area contributed by atoms with E-state index in [9.17, 15) is 18.8 Å². The van der Waals surface area contributed by atoms with Crippen molar-refractivity contribution in [2.75, 3.05) is 6.54 Å². The summed E-state index contributed by atoms with van der Waals surface area (Å²) >= 11 is 0. The second kappa shape index (κ2) is 9.14. The van der Waals surface area contributed by atoms with E-state index in [0.29, 0.717) is 0 Å². The molecule has 0 fully saturated rings. The maximum atomic E-state index is 14.7. The third-order valence-corrected chi connectivity index (χ3v) is 4.10. The first-order chi connectivity index (χ1) is 13.4. The summed E-state index contributed by atoms with van der Waals surface area (Å²) in [6.45, 7) is 15.6. The molecule has 1 amide bonds. The van der Waals surface area contributed by atoms with Crippen molar-refractivity contribution < 1.29 is 28.2 Å². The molecule has 0 bridgehead atoms. The maximum Gasteiger partial charge on any atom is 0.316 e. The molecule has 168 valence electrons. The number of hydrogen-bond donors (Lipinski definition) is 1. The minimum atomic E-state index is -0.822. The van der Waals surface area contributed by atoms with Gasteiger partial charge in [0.25, 0.3) is 0 Å². The number of benzene rings is 1. The molecule has 1 aromatic carbocycles. The fourth-order valence-electron chi connectivity index (χ4n) is 2.01. The second-order valence-corrected chi connectivity index (χ2v) is 10.4. The highest BCUT2D eigenvalue weighted by molar-refractivity contribution is 5.82. The number of carbonyl (C=O) groups is 3. The number of halogens is 1. The van der Waals surface area contributed by atoms with Crippen molar-refractivity contribution in [3.05, 3.63) is 23.5 Å². The van der Waals surface area contributed by atoms with Gasteiger partial charge in [-0.1, -0.05) is 20.8 Å². The van der Waals surface area contributed by atoms with Crippen molar-refractivity contribution in [2.24, 2.45) is 16.2 Å². The molecule has 0 aromatic heterocycles. The van der Waals surface area contributed by atoms with Crippen molar-refractivity contribution in [1.29, 1.82) is 0 Å². The maximum absolute atomic E-state index is 14.7. The predicted molar refractivity (Wildman–Crippen MR) is 113 cm³/mol. The van der Waals surface area contributed by atoms with Gasteiger partial charge in [0.05, 0.1) is 10.8 Å². The molecule has 0 heterocycles. The lowest BCUT2D eigenvalue weighted by Gasteiger charge is -2.21. The molecule has 7 heteroatoms. The van der Waals surface area contributed by atoms with Gasteiger partial charge in [-0.05, 0) is 59.6 Å². The molecule has 0 saturated carbocycles. The van der Waals surface area contributed by atoms with Gasteiger partial charge in [-0.3, -0.25) is 14.4 Å². The fourth-order valence-corrected chi connectivity index (χ4v) is 2.01. The van der Waals surface area contributed by atoms with Gasteiger partial charge in [-0.25, -0.2) is 4.39 Å². The first-order valence-electron chi connectivity index (χ1n) is 9.98. The van der Waals surface area contributed by atoms with Crippen LogP contribution in [-0.2, 0) is 20.8 Å². The number of carbonyl (C=O) groups excluding carboxylic acids is 3. The smallest absolute Gasteiger partial charge is 0.316 e. The van der Waals surface area contributed by atoms with E-state index >= 15 is 0 Å². The van der Waals surface area contributed by atoms with Crippen LogP contribution in [0.2, 0.25) is 0 Å². The van der Waals surface area contributed by atoms with Crippen LogP contribution >= 0.6 is 0 Å². The predicted octanol–water partition coefficient (Wildman–Crippen LogP) is 4.43. The summed E-state index contributed by atoms with van der Waals surface area (Å²) in [4.78, 5) is 36.6. The van der Waals surface area contributed by atoms with Crippen LogP contribution in [0.1, 0.15) is 67.9 Å². The van der Waals surface area contributed by atoms with Gasteiger partial charge >= 0.3 is 11.9 Å². The van der Waals surface area contributed by atoms with Crippen molar-refractivity contribution >= 4 is 17.8 Å². The van der Waals surface area contributed by atoms with Crippen LogP contribution in [-0.4, -0.2) is 24.4 Å². The number of amides is 1. The zero-order valence-electron chi connectivity index (χ0n) is 19.5. The molecule has 0 atom stereocenters. The van der Waals surface area contributed by atoms with Crippen LogP contribution < -0.4 is 14.8 Å². The first kappa shape index (κ1) is 25.6. The quantitative estimate of drug-likeness (QED) is 0.560. The van der Waals surface area contributed by atoms with Gasteiger partial charge in [0.1, 0.15) is 5.82 Å². The molecule has 0 saturated heterocycles. The molecule has 6 nitrogen and oxygen atoms in total. The van der Waals surface area contributed by atoms with Crippen LogP contribution in [0, 0.1) is 22.1 Å². The Bertz CT molecular complexity index is 811. The molecule has 30 heavy (non-hydrogen) atoms. The first-order valence-corrected chi connectivity index (χ1v) is 9.98. The van der Waals surface area contributed by atoms with Gasteiger partial charge in [0, 0.05) is 18.0 Å². The van der Waals surface area contributed by atoms with Gasteiger partial charge in [-0.15, -0.1) is 0 Å². The summed E-state index contributed by atoms with van der Waals surface area (Å²) < 4.78 is 25.4. The summed E-state index contributed by atoms with van der Waals surface area (Å²) in [6, 6.07) is 2.38. The minimum absolute atomic E-state index is 0.0360. The van der Waals surface area contributed by atoms with Crippen molar-refractivity contribution in [1.82, 2.24) is 5.32 Å². The standard InChI is InChI=1S/C23H34FNO5/c1-21(2,3)18(26)25-11-10-14-12-16(29-19(27)22(4,5)6)17(13-15(14)24)30-20(28)23(7,8)9/h12-13H,10-11H2,1-9H3,(H,25,26). The molecule has 1 rings (SSSR count). The lowest BCUT2D eigenvalue weighted by atomic mass is 9.95. The molecule has 0 spiro atoms. The van der Waals surface area contributed by atoms with E-state index in [1.165, 1.54) is 6.07 Å². The van der Waals surface area contributed by atoms with E-state index in [-0.39, 0.29) is 35.9 Å². The molecule has 0 radical (unpaired) electrons. The monoisotopic (exact) mass is 423 g/mol. The topological polar surface area (TPSA) is 81.7 Å². The minimum Gasteiger partial charge on any atom is -0.422 e. The van der Waals surface area contributed by atoms with Gasteiger partial charge in [0.15, 0.2) is 11.5 Å². The van der Waals surface area contributed by atoms with E-state index in [4.69, 9.17) is 9.47 Å². The molecule has 0 aliphatic carbocycles. The Morgan fingerprint density at radius 2 is 1.23 bits per heavy atom. The van der Waals surface area contributed by atoms with E-state index in [1.807, 2.05) is 0 Å². The average molecular weight is 424 g/mol. The number of hydrogen-bond acceptors (Lipinski definition) is 5. The second-order valence-electron chi connectivity index (χ2n) is 10.4. The molecule has 0 unspecified atom stereocenters. The highest BCUT2D eigenvalue weighted by Crippen LogP contribution is 2.34. The average Bonchev–Trinajstić information content (AvgIpc) is 2.55. The summed E-state index contributed by atoms with van der Waals surface area (Å²) in [5.41, 5.74) is -1.95. The Balaban J connectivity index is 3.18. The van der Waals surface area contributed by atoms with E-state index in [2.05, 4.69) is 5.32 Å². The van der Waals surface area contributed by atoms with Crippen LogP contribution in [0.3, 0.4) is 0 Å². The summed E-state index contributed by atoms with van der Waals surface area (Å²) in [5, 5.41) is 2.75. The van der Waals surface area contributed by atoms with Gasteiger partial charge in [0.2, 0.25) is 5.91 Å². The van der Waals surface area contributed by atoms with Crippen LogP contribution in [0.25, 0.3) is 0 Å².